The van der Waals surface area contributed by atoms with Crippen molar-refractivity contribution in [3.63, 3.8) is 0 Å². The van der Waals surface area contributed by atoms with Gasteiger partial charge in [0.25, 0.3) is 6.43 Å². The highest BCUT2D eigenvalue weighted by molar-refractivity contribution is 4.83. The van der Waals surface area contributed by atoms with E-state index in [1.165, 1.54) is 0 Å². The Morgan fingerprint density at radius 2 is 2.25 bits per heavy atom. The van der Waals surface area contributed by atoms with E-state index < -0.39 is 6.43 Å². The Hall–Kier alpha value is -0.600. The molecule has 0 rings (SSSR count). The van der Waals surface area contributed by atoms with E-state index in [1.807, 2.05) is 0 Å². The maximum atomic E-state index is 11.3. The minimum absolute atomic E-state index is 0.296. The lowest BCUT2D eigenvalue weighted by molar-refractivity contribution is 0.149. The summed E-state index contributed by atoms with van der Waals surface area (Å²) >= 11 is 0. The zero-order valence-corrected chi connectivity index (χ0v) is 4.75. The summed E-state index contributed by atoms with van der Waals surface area (Å²) in [6.07, 6.45) is -2.29. The van der Waals surface area contributed by atoms with Crippen LogP contribution in [0.3, 0.4) is 0 Å². The lowest BCUT2D eigenvalue weighted by atomic mass is 10.5. The van der Waals surface area contributed by atoms with E-state index in [1.54, 1.807) is 6.92 Å². The third kappa shape index (κ3) is 5.40. The van der Waals surface area contributed by atoms with Gasteiger partial charge in [-0.1, -0.05) is 6.58 Å². The first-order valence-corrected chi connectivity index (χ1v) is 2.30. The lowest BCUT2D eigenvalue weighted by Crippen LogP contribution is -2.18. The van der Waals surface area contributed by atoms with E-state index in [0.717, 1.165) is 0 Å². The first-order chi connectivity index (χ1) is 3.63. The van der Waals surface area contributed by atoms with Gasteiger partial charge in [0, 0.05) is 5.70 Å². The second-order valence-electron chi connectivity index (χ2n) is 1.55. The first-order valence-electron chi connectivity index (χ1n) is 2.30. The van der Waals surface area contributed by atoms with Crippen LogP contribution >= 0.6 is 0 Å². The van der Waals surface area contributed by atoms with E-state index >= 15 is 0 Å². The summed E-state index contributed by atoms with van der Waals surface area (Å²) in [4.78, 5) is 0. The number of allylic oxidation sites excluding steroid dienone is 1. The van der Waals surface area contributed by atoms with Gasteiger partial charge < -0.3 is 5.32 Å². The number of hydrogen-bond acceptors (Lipinski definition) is 1. The minimum Gasteiger partial charge on any atom is -0.383 e. The van der Waals surface area contributed by atoms with Gasteiger partial charge in [0.05, 0.1) is 6.54 Å². The smallest absolute Gasteiger partial charge is 0.255 e. The second-order valence-corrected chi connectivity index (χ2v) is 1.55. The molecule has 0 aliphatic carbocycles. The molecule has 0 heterocycles. The summed E-state index contributed by atoms with van der Waals surface area (Å²) in [5.74, 6) is 0. The van der Waals surface area contributed by atoms with Crippen LogP contribution in [0.4, 0.5) is 8.78 Å². The first kappa shape index (κ1) is 7.40. The van der Waals surface area contributed by atoms with E-state index in [0.29, 0.717) is 5.70 Å². The van der Waals surface area contributed by atoms with Crippen molar-refractivity contribution in [2.45, 2.75) is 13.3 Å². The van der Waals surface area contributed by atoms with Crippen LogP contribution in [0, 0.1) is 0 Å². The van der Waals surface area contributed by atoms with Gasteiger partial charge in [-0.05, 0) is 6.92 Å². The van der Waals surface area contributed by atoms with Gasteiger partial charge in [-0.25, -0.2) is 8.78 Å². The topological polar surface area (TPSA) is 12.0 Å². The SMILES string of the molecule is C=C(C)NCC(F)F. The van der Waals surface area contributed by atoms with Crippen molar-refractivity contribution in [1.82, 2.24) is 5.32 Å². The normalized spacial score (nSPS) is 9.50. The zero-order chi connectivity index (χ0) is 6.57. The van der Waals surface area contributed by atoms with Crippen LogP contribution in [0.1, 0.15) is 6.92 Å². The van der Waals surface area contributed by atoms with Crippen LogP contribution in [0.2, 0.25) is 0 Å². The third-order valence-electron chi connectivity index (χ3n) is 0.558. The molecule has 0 amide bonds. The number of hydrogen-bond donors (Lipinski definition) is 1. The molecule has 0 saturated heterocycles. The van der Waals surface area contributed by atoms with Crippen LogP contribution in [0.5, 0.6) is 0 Å². The molecule has 0 aromatic rings. The summed E-state index contributed by atoms with van der Waals surface area (Å²) in [6.45, 7) is 4.73. The largest absolute Gasteiger partial charge is 0.383 e. The van der Waals surface area contributed by atoms with Crippen LogP contribution in [-0.4, -0.2) is 13.0 Å². The Bertz CT molecular complexity index is 80.5. The number of rotatable bonds is 3. The molecule has 1 nitrogen and oxygen atoms in total. The molecule has 0 unspecified atom stereocenters. The molecular weight excluding hydrogens is 112 g/mol. The van der Waals surface area contributed by atoms with Gasteiger partial charge in [-0.2, -0.15) is 0 Å². The molecule has 0 radical (unpaired) electrons. The van der Waals surface area contributed by atoms with Gasteiger partial charge >= 0.3 is 0 Å². The summed E-state index contributed by atoms with van der Waals surface area (Å²) < 4.78 is 22.6. The van der Waals surface area contributed by atoms with Crippen molar-refractivity contribution in [3.05, 3.63) is 12.3 Å². The van der Waals surface area contributed by atoms with Gasteiger partial charge in [-0.15, -0.1) is 0 Å². The molecule has 0 aliphatic heterocycles. The predicted molar refractivity (Wildman–Crippen MR) is 28.8 cm³/mol. The Kier molecular flexibility index (Phi) is 3.15. The Labute approximate surface area is 47.4 Å². The number of nitrogens with one attached hydrogen (secondary N) is 1. The van der Waals surface area contributed by atoms with Gasteiger partial charge in [0.1, 0.15) is 0 Å². The lowest BCUT2D eigenvalue weighted by Gasteiger charge is -2.01. The maximum Gasteiger partial charge on any atom is 0.255 e. The second kappa shape index (κ2) is 3.41. The summed E-state index contributed by atoms with van der Waals surface area (Å²) in [6, 6.07) is 0. The standard InChI is InChI=1S/C5H9F2N/c1-4(2)8-3-5(6)7/h5,8H,1,3H2,2H3. The average molecular weight is 121 g/mol. The molecule has 0 bridgehead atoms. The van der Waals surface area contributed by atoms with E-state index in [9.17, 15) is 8.78 Å². The quantitative estimate of drug-likeness (QED) is 0.594. The molecule has 48 valence electrons. The Morgan fingerprint density at radius 1 is 1.75 bits per heavy atom. The van der Waals surface area contributed by atoms with Gasteiger partial charge in [-0.3, -0.25) is 0 Å². The fourth-order valence-corrected chi connectivity index (χ4v) is 0.251. The highest BCUT2D eigenvalue weighted by Crippen LogP contribution is 1.89. The van der Waals surface area contributed by atoms with Crippen LogP contribution in [0.25, 0.3) is 0 Å². The maximum absolute atomic E-state index is 11.3. The fraction of sp³-hybridized carbons (Fsp3) is 0.600. The van der Waals surface area contributed by atoms with E-state index in [2.05, 4.69) is 11.9 Å². The van der Waals surface area contributed by atoms with Crippen molar-refractivity contribution in [3.8, 4) is 0 Å². The zero-order valence-electron chi connectivity index (χ0n) is 4.75. The van der Waals surface area contributed by atoms with E-state index in [4.69, 9.17) is 0 Å². The van der Waals surface area contributed by atoms with Crippen LogP contribution < -0.4 is 5.32 Å². The summed E-state index contributed by atoms with van der Waals surface area (Å²) in [7, 11) is 0. The summed E-state index contributed by atoms with van der Waals surface area (Å²) in [5.41, 5.74) is 0.574. The van der Waals surface area contributed by atoms with Crippen LogP contribution in [-0.2, 0) is 0 Å². The third-order valence-corrected chi connectivity index (χ3v) is 0.558. The van der Waals surface area contributed by atoms with E-state index in [-0.39, 0.29) is 6.54 Å². The molecule has 8 heavy (non-hydrogen) atoms. The average Bonchev–Trinajstić information content (AvgIpc) is 1.61. The molecule has 1 N–H and O–H groups in total. The molecule has 0 aromatic heterocycles. The Morgan fingerprint density at radius 3 is 2.38 bits per heavy atom. The predicted octanol–water partition coefficient (Wildman–Crippen LogP) is 1.37. The fourth-order valence-electron chi connectivity index (χ4n) is 0.251. The molecule has 0 aromatic carbocycles. The van der Waals surface area contributed by atoms with Crippen molar-refractivity contribution < 1.29 is 8.78 Å². The van der Waals surface area contributed by atoms with Crippen molar-refractivity contribution in [1.29, 1.82) is 0 Å². The monoisotopic (exact) mass is 121 g/mol. The molecule has 0 fully saturated rings. The molecule has 0 saturated carbocycles. The minimum atomic E-state index is -2.29. The highest BCUT2D eigenvalue weighted by atomic mass is 19.3. The highest BCUT2D eigenvalue weighted by Gasteiger charge is 1.98. The number of alkyl halides is 2. The molecule has 0 atom stereocenters. The van der Waals surface area contributed by atoms with Crippen molar-refractivity contribution >= 4 is 0 Å². The van der Waals surface area contributed by atoms with Crippen molar-refractivity contribution in [2.24, 2.45) is 0 Å². The van der Waals surface area contributed by atoms with Crippen LogP contribution in [0.15, 0.2) is 12.3 Å². The molecule has 0 spiro atoms. The summed E-state index contributed by atoms with van der Waals surface area (Å²) in [5, 5.41) is 2.40. The molecule has 0 aliphatic rings. The molecule has 3 heteroatoms. The van der Waals surface area contributed by atoms with Crippen molar-refractivity contribution in [2.75, 3.05) is 6.54 Å². The Balaban J connectivity index is 3.05. The van der Waals surface area contributed by atoms with Gasteiger partial charge in [0.15, 0.2) is 0 Å². The van der Waals surface area contributed by atoms with Gasteiger partial charge in [0.2, 0.25) is 0 Å². The number of halogens is 2. The molecular formula is C5H9F2N.